The number of aromatic nitrogens is 3. The number of hydrogen-bond donors (Lipinski definition) is 1. The highest BCUT2D eigenvalue weighted by molar-refractivity contribution is 14.2. The maximum Gasteiger partial charge on any atom is 0.212 e. The third-order valence-corrected chi connectivity index (χ3v) is 8.32. The number of piperidine rings is 1. The van der Waals surface area contributed by atoms with Gasteiger partial charge >= 0.3 is 0 Å². The van der Waals surface area contributed by atoms with Gasteiger partial charge in [-0.2, -0.15) is 0 Å². The van der Waals surface area contributed by atoms with Crippen molar-refractivity contribution in [3.05, 3.63) is 65.6 Å². The quantitative estimate of drug-likeness (QED) is 0.263. The molecule has 4 aromatic rings. The van der Waals surface area contributed by atoms with Crippen LogP contribution in [0.15, 0.2) is 54.9 Å². The third kappa shape index (κ3) is 4.79. The minimum atomic E-state index is -0.208. The Hall–Kier alpha value is -1.85. The molecule has 34 heavy (non-hydrogen) atoms. The maximum absolute atomic E-state index is 9.94. The highest BCUT2D eigenvalue weighted by Gasteiger charge is 2.20. The van der Waals surface area contributed by atoms with Crippen molar-refractivity contribution in [3.8, 4) is 28.1 Å². The molecule has 1 fully saturated rings. The zero-order valence-electron chi connectivity index (χ0n) is 18.6. The Balaban J connectivity index is 1.48. The normalized spacial score (nSPS) is 16.8. The SMILES string of the molecule is COc1ccc(-c2c(Cl)n(SI)c3ncc(-c4ccc(CN5CCCC(O)C5)cc4)cc23)cn1. The molecule has 1 saturated heterocycles. The third-order valence-electron chi connectivity index (χ3n) is 6.19. The Kier molecular flexibility index (Phi) is 7.31. The van der Waals surface area contributed by atoms with E-state index in [1.807, 2.05) is 22.3 Å². The summed E-state index contributed by atoms with van der Waals surface area (Å²) in [6.07, 6.45) is 5.42. The van der Waals surface area contributed by atoms with Crippen LogP contribution in [0.3, 0.4) is 0 Å². The highest BCUT2D eigenvalue weighted by atomic mass is 127. The lowest BCUT2D eigenvalue weighted by molar-refractivity contribution is 0.0668. The molecular formula is C25H24ClIN4O2S. The second kappa shape index (κ2) is 10.4. The zero-order valence-corrected chi connectivity index (χ0v) is 22.3. The van der Waals surface area contributed by atoms with E-state index in [-0.39, 0.29) is 6.10 Å². The topological polar surface area (TPSA) is 63.4 Å². The zero-order chi connectivity index (χ0) is 23.7. The van der Waals surface area contributed by atoms with Crippen LogP contribution in [-0.4, -0.2) is 50.3 Å². The molecule has 1 unspecified atom stereocenters. The number of methoxy groups -OCH3 is 1. The molecule has 0 aliphatic carbocycles. The predicted octanol–water partition coefficient (Wildman–Crippen LogP) is 6.23. The van der Waals surface area contributed by atoms with Gasteiger partial charge in [0.2, 0.25) is 5.88 Å². The van der Waals surface area contributed by atoms with Gasteiger partial charge in [0.15, 0.2) is 5.65 Å². The van der Waals surface area contributed by atoms with Gasteiger partial charge in [0.05, 0.1) is 13.2 Å². The van der Waals surface area contributed by atoms with Crippen molar-refractivity contribution in [2.24, 2.45) is 0 Å². The summed E-state index contributed by atoms with van der Waals surface area (Å²) in [5.41, 5.74) is 6.01. The molecule has 6 nitrogen and oxygen atoms in total. The Morgan fingerprint density at radius 3 is 2.56 bits per heavy atom. The van der Waals surface area contributed by atoms with Crippen molar-refractivity contribution in [3.63, 3.8) is 0 Å². The number of halogens is 2. The van der Waals surface area contributed by atoms with Crippen LogP contribution in [0.5, 0.6) is 5.88 Å². The summed E-state index contributed by atoms with van der Waals surface area (Å²) < 4.78 is 7.13. The second-order valence-electron chi connectivity index (χ2n) is 8.44. The van der Waals surface area contributed by atoms with Gasteiger partial charge in [-0.25, -0.2) is 13.9 Å². The average Bonchev–Trinajstić information content (AvgIpc) is 3.14. The number of benzene rings is 1. The van der Waals surface area contributed by atoms with Gasteiger partial charge < -0.3 is 9.84 Å². The molecule has 4 heterocycles. The Labute approximate surface area is 220 Å². The first-order valence-corrected chi connectivity index (χ1v) is 14.8. The van der Waals surface area contributed by atoms with Crippen molar-refractivity contribution < 1.29 is 9.84 Å². The van der Waals surface area contributed by atoms with E-state index in [9.17, 15) is 5.11 Å². The lowest BCUT2D eigenvalue weighted by atomic mass is 10.0. The van der Waals surface area contributed by atoms with Crippen LogP contribution in [0, 0.1) is 0 Å². The summed E-state index contributed by atoms with van der Waals surface area (Å²) in [6.45, 7) is 2.64. The summed E-state index contributed by atoms with van der Waals surface area (Å²) >= 11 is 9.02. The number of fused-ring (bicyclic) bond motifs is 1. The molecule has 1 atom stereocenters. The van der Waals surface area contributed by atoms with Crippen LogP contribution in [0.1, 0.15) is 18.4 Å². The molecule has 1 aromatic carbocycles. The second-order valence-corrected chi connectivity index (χ2v) is 10.5. The molecule has 1 aliphatic heterocycles. The highest BCUT2D eigenvalue weighted by Crippen LogP contribution is 2.42. The number of likely N-dealkylation sites (tertiary alicyclic amines) is 1. The van der Waals surface area contributed by atoms with Crippen molar-refractivity contribution >= 4 is 53.0 Å². The number of aliphatic hydroxyl groups excluding tert-OH is 1. The van der Waals surface area contributed by atoms with Gasteiger partial charge in [-0.15, -0.1) is 0 Å². The number of nitrogens with zero attached hydrogens (tertiary/aromatic N) is 4. The van der Waals surface area contributed by atoms with Crippen molar-refractivity contribution in [1.82, 2.24) is 18.8 Å². The average molecular weight is 607 g/mol. The van der Waals surface area contributed by atoms with Gasteiger partial charge in [-0.1, -0.05) is 35.9 Å². The lowest BCUT2D eigenvalue weighted by Gasteiger charge is -2.29. The van der Waals surface area contributed by atoms with Gasteiger partial charge in [0.1, 0.15) is 5.15 Å². The Bertz CT molecular complexity index is 1300. The molecule has 5 rings (SSSR count). The molecular weight excluding hydrogens is 583 g/mol. The van der Waals surface area contributed by atoms with Gasteiger partial charge in [0.25, 0.3) is 0 Å². The summed E-state index contributed by atoms with van der Waals surface area (Å²) in [4.78, 5) is 11.4. The van der Waals surface area contributed by atoms with E-state index in [1.54, 1.807) is 13.3 Å². The number of ether oxygens (including phenoxy) is 1. The molecule has 176 valence electrons. The van der Waals surface area contributed by atoms with E-state index < -0.39 is 0 Å². The van der Waals surface area contributed by atoms with Crippen molar-refractivity contribution in [1.29, 1.82) is 0 Å². The molecule has 1 aliphatic rings. The standard InChI is InChI=1S/C25H24ClIN4O2S/c1-33-22-9-8-18(12-28-22)23-21-11-19(13-29-25(21)31(34-27)24(23)26)17-6-4-16(5-7-17)14-30-10-2-3-20(32)15-30/h4-9,11-13,20,32H,2-3,10,14-15H2,1H3. The minimum absolute atomic E-state index is 0.208. The number of aliphatic hydroxyl groups is 1. The number of pyridine rings is 2. The largest absolute Gasteiger partial charge is 0.481 e. The van der Waals surface area contributed by atoms with E-state index in [0.29, 0.717) is 11.0 Å². The van der Waals surface area contributed by atoms with E-state index in [1.165, 1.54) is 14.7 Å². The summed E-state index contributed by atoms with van der Waals surface area (Å²) in [7, 11) is 3.10. The fourth-order valence-electron chi connectivity index (χ4n) is 4.49. The summed E-state index contributed by atoms with van der Waals surface area (Å²) in [5.74, 6) is 0.560. The predicted molar refractivity (Wildman–Crippen MR) is 147 cm³/mol. The van der Waals surface area contributed by atoms with Gasteiger partial charge in [-0.05, 0) is 42.6 Å². The van der Waals surface area contributed by atoms with Crippen LogP contribution in [0.4, 0.5) is 0 Å². The fourth-order valence-corrected chi connectivity index (χ4v) is 6.75. The first-order valence-electron chi connectivity index (χ1n) is 11.1. The molecule has 0 radical (unpaired) electrons. The monoisotopic (exact) mass is 606 g/mol. The number of β-amino-alcohol motifs (C(OH)–C–C–N with tert-alkyl or cyclic N) is 1. The molecule has 0 bridgehead atoms. The maximum atomic E-state index is 9.94. The lowest BCUT2D eigenvalue weighted by Crippen LogP contribution is -2.37. The van der Waals surface area contributed by atoms with E-state index in [4.69, 9.17) is 21.3 Å². The van der Waals surface area contributed by atoms with E-state index >= 15 is 0 Å². The van der Waals surface area contributed by atoms with Crippen LogP contribution in [-0.2, 0) is 6.54 Å². The molecule has 0 spiro atoms. The smallest absolute Gasteiger partial charge is 0.212 e. The van der Waals surface area contributed by atoms with Gasteiger partial charge in [0, 0.05) is 84.0 Å². The van der Waals surface area contributed by atoms with Crippen LogP contribution < -0.4 is 4.74 Å². The molecule has 9 heteroatoms. The van der Waals surface area contributed by atoms with Crippen molar-refractivity contribution in [2.45, 2.75) is 25.5 Å². The number of hydrogen-bond acceptors (Lipinski definition) is 6. The van der Waals surface area contributed by atoms with Crippen LogP contribution >= 0.6 is 41.9 Å². The molecule has 3 aromatic heterocycles. The first kappa shape index (κ1) is 23.9. The van der Waals surface area contributed by atoms with Crippen molar-refractivity contribution in [2.75, 3.05) is 20.2 Å². The summed E-state index contributed by atoms with van der Waals surface area (Å²) in [6, 6.07) is 14.5. The van der Waals surface area contributed by atoms with E-state index in [0.717, 1.165) is 65.8 Å². The van der Waals surface area contributed by atoms with Gasteiger partial charge in [-0.3, -0.25) is 4.90 Å². The molecule has 0 saturated carbocycles. The first-order chi connectivity index (χ1) is 16.6. The van der Waals surface area contributed by atoms with Crippen LogP contribution in [0.2, 0.25) is 5.15 Å². The number of rotatable bonds is 6. The summed E-state index contributed by atoms with van der Waals surface area (Å²) in [5, 5.41) is 11.5. The minimum Gasteiger partial charge on any atom is -0.481 e. The Morgan fingerprint density at radius 2 is 1.88 bits per heavy atom. The Morgan fingerprint density at radius 1 is 1.12 bits per heavy atom. The molecule has 0 amide bonds. The van der Waals surface area contributed by atoms with E-state index in [2.05, 4.69) is 61.4 Å². The van der Waals surface area contributed by atoms with Crippen LogP contribution in [0.25, 0.3) is 33.3 Å². The molecule has 1 N–H and O–H groups in total. The fraction of sp³-hybridized carbons (Fsp3) is 0.280.